The molecule has 1 N–H and O–H groups in total. The van der Waals surface area contributed by atoms with E-state index >= 15 is 0 Å². The Hall–Kier alpha value is -1.49. The zero-order valence-corrected chi connectivity index (χ0v) is 8.55. The highest BCUT2D eigenvalue weighted by molar-refractivity contribution is 5.78. The van der Waals surface area contributed by atoms with Crippen LogP contribution in [0.4, 0.5) is 0 Å². The number of carbonyl (C=O) groups excluding carboxylic acids is 1. The maximum atomic E-state index is 11.4. The molecule has 1 atom stereocenters. The summed E-state index contributed by atoms with van der Waals surface area (Å²) in [6, 6.07) is 1.78. The predicted octanol–water partition coefficient (Wildman–Crippen LogP) is -0.122. The van der Waals surface area contributed by atoms with Crippen LogP contribution < -0.4 is 0 Å². The number of hydrogen-bond donors (Lipinski definition) is 1. The molecule has 2 heterocycles. The molecule has 15 heavy (non-hydrogen) atoms. The molecule has 1 aromatic heterocycles. The van der Waals surface area contributed by atoms with Crippen molar-refractivity contribution in [1.29, 1.82) is 0 Å². The molecule has 0 saturated carbocycles. The molecule has 0 aromatic carbocycles. The monoisotopic (exact) mass is 207 g/mol. The molecule has 1 aliphatic heterocycles. The van der Waals surface area contributed by atoms with Crippen LogP contribution in [0.15, 0.2) is 12.3 Å². The van der Waals surface area contributed by atoms with E-state index in [9.17, 15) is 9.90 Å². The first-order valence-corrected chi connectivity index (χ1v) is 4.89. The summed E-state index contributed by atoms with van der Waals surface area (Å²) in [7, 11) is 0. The van der Waals surface area contributed by atoms with Gasteiger partial charge in [-0.1, -0.05) is 0 Å². The average Bonchev–Trinajstić information content (AvgIpc) is 2.45. The molecule has 0 bridgehead atoms. The minimum atomic E-state index is -0.527. The minimum absolute atomic E-state index is 0.0150. The molecule has 0 spiro atoms. The standard InChI is InChI=1S/C10H13N3O2/c1-7-11-3-2-8(12-7)5-13-6-9(14)4-10(13)15/h2-3,9,14H,4-6H2,1H3. The number of likely N-dealkylation sites (tertiary alicyclic amines) is 1. The third-order valence-corrected chi connectivity index (χ3v) is 2.38. The molecule has 1 aliphatic rings. The molecule has 1 saturated heterocycles. The molecule has 1 amide bonds. The van der Waals surface area contributed by atoms with Gasteiger partial charge in [-0.05, 0) is 13.0 Å². The number of rotatable bonds is 2. The molecule has 5 nitrogen and oxygen atoms in total. The minimum Gasteiger partial charge on any atom is -0.391 e. The molecular weight excluding hydrogens is 194 g/mol. The number of carbonyl (C=O) groups is 1. The van der Waals surface area contributed by atoms with E-state index in [1.54, 1.807) is 17.2 Å². The summed E-state index contributed by atoms with van der Waals surface area (Å²) in [5.41, 5.74) is 0.810. The van der Waals surface area contributed by atoms with Gasteiger partial charge in [-0.3, -0.25) is 4.79 Å². The second-order valence-electron chi connectivity index (χ2n) is 3.73. The highest BCUT2D eigenvalue weighted by Gasteiger charge is 2.27. The Labute approximate surface area is 87.8 Å². The lowest BCUT2D eigenvalue weighted by atomic mass is 10.3. The van der Waals surface area contributed by atoms with Gasteiger partial charge in [0.25, 0.3) is 0 Å². The molecule has 0 aliphatic carbocycles. The number of aliphatic hydroxyl groups excluding tert-OH is 1. The van der Waals surface area contributed by atoms with E-state index in [4.69, 9.17) is 0 Å². The van der Waals surface area contributed by atoms with Crippen molar-refractivity contribution in [2.45, 2.75) is 26.0 Å². The largest absolute Gasteiger partial charge is 0.391 e. The van der Waals surface area contributed by atoms with E-state index in [0.717, 1.165) is 5.69 Å². The lowest BCUT2D eigenvalue weighted by Crippen LogP contribution is -2.25. The fourth-order valence-electron chi connectivity index (χ4n) is 1.69. The van der Waals surface area contributed by atoms with Gasteiger partial charge in [0.05, 0.1) is 24.8 Å². The number of β-amino-alcohol motifs (C(OH)–C–C–N with tert-alkyl or cyclic N) is 1. The van der Waals surface area contributed by atoms with Gasteiger partial charge in [-0.2, -0.15) is 0 Å². The Balaban J connectivity index is 2.06. The van der Waals surface area contributed by atoms with Crippen LogP contribution in [0.2, 0.25) is 0 Å². The second-order valence-corrected chi connectivity index (χ2v) is 3.73. The Kier molecular flexibility index (Phi) is 2.64. The van der Waals surface area contributed by atoms with E-state index in [0.29, 0.717) is 18.9 Å². The second kappa shape index (κ2) is 3.94. The van der Waals surface area contributed by atoms with E-state index in [1.807, 2.05) is 6.92 Å². The van der Waals surface area contributed by atoms with Gasteiger partial charge in [0, 0.05) is 12.7 Å². The van der Waals surface area contributed by atoms with Crippen LogP contribution in [0.1, 0.15) is 17.9 Å². The molecule has 1 fully saturated rings. The van der Waals surface area contributed by atoms with Crippen LogP contribution in [-0.4, -0.2) is 38.5 Å². The molecule has 2 rings (SSSR count). The van der Waals surface area contributed by atoms with Crippen molar-refractivity contribution in [3.63, 3.8) is 0 Å². The lowest BCUT2D eigenvalue weighted by Gasteiger charge is -2.14. The summed E-state index contributed by atoms with van der Waals surface area (Å²) in [6.45, 7) is 2.67. The maximum absolute atomic E-state index is 11.4. The molecule has 0 radical (unpaired) electrons. The number of aliphatic hydroxyl groups is 1. The molecule has 1 unspecified atom stereocenters. The lowest BCUT2D eigenvalue weighted by molar-refractivity contribution is -0.128. The van der Waals surface area contributed by atoms with Gasteiger partial charge >= 0.3 is 0 Å². The van der Waals surface area contributed by atoms with Crippen molar-refractivity contribution in [2.75, 3.05) is 6.54 Å². The van der Waals surface area contributed by atoms with Gasteiger partial charge in [-0.25, -0.2) is 9.97 Å². The first-order chi connectivity index (χ1) is 7.15. The van der Waals surface area contributed by atoms with Gasteiger partial charge in [0.15, 0.2) is 0 Å². The molecular formula is C10H13N3O2. The zero-order valence-electron chi connectivity index (χ0n) is 8.55. The summed E-state index contributed by atoms with van der Waals surface area (Å²) >= 11 is 0. The fourth-order valence-corrected chi connectivity index (χ4v) is 1.69. The van der Waals surface area contributed by atoms with Crippen molar-refractivity contribution < 1.29 is 9.90 Å². The zero-order chi connectivity index (χ0) is 10.8. The Morgan fingerprint density at radius 1 is 1.67 bits per heavy atom. The van der Waals surface area contributed by atoms with E-state index in [2.05, 4.69) is 9.97 Å². The maximum Gasteiger partial charge on any atom is 0.225 e. The van der Waals surface area contributed by atoms with Gasteiger partial charge in [0.1, 0.15) is 5.82 Å². The number of amides is 1. The number of aryl methyl sites for hydroxylation is 1. The topological polar surface area (TPSA) is 66.3 Å². The van der Waals surface area contributed by atoms with Gasteiger partial charge in [0.2, 0.25) is 5.91 Å². The van der Waals surface area contributed by atoms with Crippen molar-refractivity contribution in [1.82, 2.24) is 14.9 Å². The summed E-state index contributed by atoms with van der Waals surface area (Å²) in [5, 5.41) is 9.31. The van der Waals surface area contributed by atoms with Crippen molar-refractivity contribution in [2.24, 2.45) is 0 Å². The Morgan fingerprint density at radius 3 is 3.07 bits per heavy atom. The average molecular weight is 207 g/mol. The molecule has 80 valence electrons. The van der Waals surface area contributed by atoms with Crippen LogP contribution >= 0.6 is 0 Å². The van der Waals surface area contributed by atoms with Gasteiger partial charge in [-0.15, -0.1) is 0 Å². The quantitative estimate of drug-likeness (QED) is 0.734. The predicted molar refractivity (Wildman–Crippen MR) is 52.8 cm³/mol. The Bertz CT molecular complexity index is 381. The summed E-state index contributed by atoms with van der Waals surface area (Å²) < 4.78 is 0. The van der Waals surface area contributed by atoms with E-state index < -0.39 is 6.10 Å². The summed E-state index contributed by atoms with van der Waals surface area (Å²) in [6.07, 6.45) is 1.37. The van der Waals surface area contributed by atoms with Crippen LogP contribution in [0.3, 0.4) is 0 Å². The van der Waals surface area contributed by atoms with Crippen LogP contribution in [0.25, 0.3) is 0 Å². The number of nitrogens with zero attached hydrogens (tertiary/aromatic N) is 3. The van der Waals surface area contributed by atoms with Gasteiger partial charge < -0.3 is 10.0 Å². The van der Waals surface area contributed by atoms with Crippen LogP contribution in [0, 0.1) is 6.92 Å². The van der Waals surface area contributed by atoms with E-state index in [-0.39, 0.29) is 12.3 Å². The third-order valence-electron chi connectivity index (χ3n) is 2.38. The van der Waals surface area contributed by atoms with Crippen LogP contribution in [-0.2, 0) is 11.3 Å². The normalized spacial score (nSPS) is 21.1. The highest BCUT2D eigenvalue weighted by Crippen LogP contribution is 2.13. The number of aromatic nitrogens is 2. The summed E-state index contributed by atoms with van der Waals surface area (Å²) in [5.74, 6) is 0.679. The first-order valence-electron chi connectivity index (χ1n) is 4.89. The summed E-state index contributed by atoms with van der Waals surface area (Å²) in [4.78, 5) is 21.2. The Morgan fingerprint density at radius 2 is 2.47 bits per heavy atom. The van der Waals surface area contributed by atoms with Crippen LogP contribution in [0.5, 0.6) is 0 Å². The molecule has 1 aromatic rings. The fraction of sp³-hybridized carbons (Fsp3) is 0.500. The van der Waals surface area contributed by atoms with E-state index in [1.165, 1.54) is 0 Å². The van der Waals surface area contributed by atoms with Crippen molar-refractivity contribution in [3.8, 4) is 0 Å². The third kappa shape index (κ3) is 2.30. The van der Waals surface area contributed by atoms with Crippen molar-refractivity contribution in [3.05, 3.63) is 23.8 Å². The SMILES string of the molecule is Cc1nccc(CN2CC(O)CC2=O)n1. The van der Waals surface area contributed by atoms with Crippen molar-refractivity contribution >= 4 is 5.91 Å². The first kappa shape index (κ1) is 10.0. The smallest absolute Gasteiger partial charge is 0.225 e. The highest BCUT2D eigenvalue weighted by atomic mass is 16.3. The molecule has 5 heteroatoms. The number of hydrogen-bond acceptors (Lipinski definition) is 4.